The molecule has 0 aliphatic heterocycles. The molecule has 0 spiro atoms. The van der Waals surface area contributed by atoms with Crippen LogP contribution in [-0.2, 0) is 9.53 Å². The Hall–Kier alpha value is -0.320. The standard InChI is InChI=1S/C11H24N2O2.ClH/c1-4-15-7-5-6-13-11(14)10(12)8-9(2)3;/h9-10H,4-8,12H2,1-3H3,(H,13,14);1H/t10-;/m0./s1. The average molecular weight is 253 g/mol. The molecule has 0 heterocycles. The normalized spacial score (nSPS) is 12.1. The lowest BCUT2D eigenvalue weighted by Crippen LogP contribution is -2.41. The first-order valence-corrected chi connectivity index (χ1v) is 5.69. The molecule has 0 unspecified atom stereocenters. The molecule has 4 nitrogen and oxygen atoms in total. The van der Waals surface area contributed by atoms with E-state index in [1.165, 1.54) is 0 Å². The minimum Gasteiger partial charge on any atom is -0.382 e. The number of nitrogens with one attached hydrogen (secondary N) is 1. The molecular formula is C11H25ClN2O2. The van der Waals surface area contributed by atoms with Crippen molar-refractivity contribution in [2.24, 2.45) is 11.7 Å². The van der Waals surface area contributed by atoms with Crippen LogP contribution in [0.3, 0.4) is 0 Å². The van der Waals surface area contributed by atoms with Crippen molar-refractivity contribution in [1.29, 1.82) is 0 Å². The van der Waals surface area contributed by atoms with Crippen LogP contribution >= 0.6 is 12.4 Å². The molecule has 0 aromatic carbocycles. The van der Waals surface area contributed by atoms with Crippen molar-refractivity contribution in [3.8, 4) is 0 Å². The summed E-state index contributed by atoms with van der Waals surface area (Å²) in [6, 6.07) is -0.378. The zero-order chi connectivity index (χ0) is 11.7. The van der Waals surface area contributed by atoms with Gasteiger partial charge in [-0.3, -0.25) is 4.79 Å². The molecule has 0 saturated heterocycles. The summed E-state index contributed by atoms with van der Waals surface area (Å²) in [5, 5.41) is 2.80. The maximum absolute atomic E-state index is 11.4. The van der Waals surface area contributed by atoms with Crippen LogP contribution < -0.4 is 11.1 Å². The Morgan fingerprint density at radius 3 is 2.56 bits per heavy atom. The first-order chi connectivity index (χ1) is 7.07. The van der Waals surface area contributed by atoms with Crippen molar-refractivity contribution in [3.63, 3.8) is 0 Å². The molecule has 0 radical (unpaired) electrons. The van der Waals surface area contributed by atoms with Crippen molar-refractivity contribution in [3.05, 3.63) is 0 Å². The van der Waals surface area contributed by atoms with Gasteiger partial charge in [-0.25, -0.2) is 0 Å². The van der Waals surface area contributed by atoms with Crippen LogP contribution in [0.15, 0.2) is 0 Å². The predicted molar refractivity (Wildman–Crippen MR) is 68.8 cm³/mol. The molecular weight excluding hydrogens is 228 g/mol. The van der Waals surface area contributed by atoms with Crippen molar-refractivity contribution in [2.45, 2.75) is 39.7 Å². The molecule has 0 aromatic heterocycles. The zero-order valence-corrected chi connectivity index (χ0v) is 11.3. The van der Waals surface area contributed by atoms with Crippen LogP contribution in [0, 0.1) is 5.92 Å². The SMILES string of the molecule is CCOCCCNC(=O)[C@@H](N)CC(C)C.Cl. The minimum atomic E-state index is -0.378. The second kappa shape index (κ2) is 11.2. The molecule has 0 bridgehead atoms. The van der Waals surface area contributed by atoms with Gasteiger partial charge in [0, 0.05) is 19.8 Å². The monoisotopic (exact) mass is 252 g/mol. The van der Waals surface area contributed by atoms with E-state index in [0.717, 1.165) is 19.4 Å². The van der Waals surface area contributed by atoms with Gasteiger partial charge in [-0.05, 0) is 25.7 Å². The van der Waals surface area contributed by atoms with Gasteiger partial charge >= 0.3 is 0 Å². The van der Waals surface area contributed by atoms with Crippen LogP contribution in [-0.4, -0.2) is 31.7 Å². The minimum absolute atomic E-state index is 0. The van der Waals surface area contributed by atoms with Gasteiger partial charge in [0.1, 0.15) is 0 Å². The number of ether oxygens (including phenoxy) is 1. The van der Waals surface area contributed by atoms with E-state index in [0.29, 0.717) is 19.1 Å². The van der Waals surface area contributed by atoms with Crippen LogP contribution in [0.4, 0.5) is 0 Å². The lowest BCUT2D eigenvalue weighted by Gasteiger charge is -2.13. The third-order valence-corrected chi connectivity index (χ3v) is 2.03. The van der Waals surface area contributed by atoms with E-state index < -0.39 is 0 Å². The van der Waals surface area contributed by atoms with E-state index >= 15 is 0 Å². The van der Waals surface area contributed by atoms with E-state index in [9.17, 15) is 4.79 Å². The Kier molecular flexibility index (Phi) is 12.6. The largest absolute Gasteiger partial charge is 0.382 e. The molecule has 16 heavy (non-hydrogen) atoms. The van der Waals surface area contributed by atoms with Crippen molar-refractivity contribution in [2.75, 3.05) is 19.8 Å². The molecule has 1 atom stereocenters. The van der Waals surface area contributed by atoms with E-state index in [2.05, 4.69) is 19.2 Å². The summed E-state index contributed by atoms with van der Waals surface area (Å²) in [5.74, 6) is 0.398. The van der Waals surface area contributed by atoms with E-state index in [4.69, 9.17) is 10.5 Å². The number of halogens is 1. The van der Waals surface area contributed by atoms with Gasteiger partial charge < -0.3 is 15.8 Å². The van der Waals surface area contributed by atoms with Crippen molar-refractivity contribution in [1.82, 2.24) is 5.32 Å². The van der Waals surface area contributed by atoms with E-state index in [1.807, 2.05) is 6.92 Å². The summed E-state index contributed by atoms with van der Waals surface area (Å²) in [5.41, 5.74) is 5.72. The Bertz CT molecular complexity index is 177. The second-order valence-corrected chi connectivity index (χ2v) is 4.08. The molecule has 5 heteroatoms. The molecule has 3 N–H and O–H groups in total. The fourth-order valence-corrected chi connectivity index (χ4v) is 1.28. The van der Waals surface area contributed by atoms with Gasteiger partial charge in [-0.2, -0.15) is 0 Å². The maximum Gasteiger partial charge on any atom is 0.236 e. The quantitative estimate of drug-likeness (QED) is 0.641. The van der Waals surface area contributed by atoms with Gasteiger partial charge in [0.25, 0.3) is 0 Å². The fraction of sp³-hybridized carbons (Fsp3) is 0.909. The topological polar surface area (TPSA) is 64.3 Å². The second-order valence-electron chi connectivity index (χ2n) is 4.08. The van der Waals surface area contributed by atoms with Crippen molar-refractivity contribution >= 4 is 18.3 Å². The number of amides is 1. The molecule has 1 amide bonds. The van der Waals surface area contributed by atoms with Crippen LogP contribution in [0.25, 0.3) is 0 Å². The highest BCUT2D eigenvalue weighted by atomic mass is 35.5. The first kappa shape index (κ1) is 18.1. The summed E-state index contributed by atoms with van der Waals surface area (Å²) >= 11 is 0. The van der Waals surface area contributed by atoms with Crippen molar-refractivity contribution < 1.29 is 9.53 Å². The third kappa shape index (κ3) is 10.2. The summed E-state index contributed by atoms with van der Waals surface area (Å²) in [6.07, 6.45) is 1.57. The van der Waals surface area contributed by atoms with Crippen LogP contribution in [0.5, 0.6) is 0 Å². The molecule has 0 saturated carbocycles. The molecule has 0 rings (SSSR count). The lowest BCUT2D eigenvalue weighted by atomic mass is 10.0. The number of carbonyl (C=O) groups is 1. The molecule has 0 aliphatic rings. The van der Waals surface area contributed by atoms with Crippen LogP contribution in [0.2, 0.25) is 0 Å². The summed E-state index contributed by atoms with van der Waals surface area (Å²) < 4.78 is 5.16. The Labute approximate surface area is 105 Å². The molecule has 0 aromatic rings. The van der Waals surface area contributed by atoms with Gasteiger partial charge in [-0.15, -0.1) is 12.4 Å². The zero-order valence-electron chi connectivity index (χ0n) is 10.5. The smallest absolute Gasteiger partial charge is 0.236 e. The van der Waals surface area contributed by atoms with Crippen LogP contribution in [0.1, 0.15) is 33.6 Å². The first-order valence-electron chi connectivity index (χ1n) is 5.69. The third-order valence-electron chi connectivity index (χ3n) is 2.03. The summed E-state index contributed by atoms with van der Waals surface area (Å²) in [4.78, 5) is 11.4. The Morgan fingerprint density at radius 2 is 2.06 bits per heavy atom. The van der Waals surface area contributed by atoms with E-state index in [-0.39, 0.29) is 24.4 Å². The maximum atomic E-state index is 11.4. The van der Waals surface area contributed by atoms with E-state index in [1.54, 1.807) is 0 Å². The Balaban J connectivity index is 0. The highest BCUT2D eigenvalue weighted by Crippen LogP contribution is 2.02. The summed E-state index contributed by atoms with van der Waals surface area (Å²) in [7, 11) is 0. The Morgan fingerprint density at radius 1 is 1.44 bits per heavy atom. The van der Waals surface area contributed by atoms with Gasteiger partial charge in [0.2, 0.25) is 5.91 Å². The van der Waals surface area contributed by atoms with Gasteiger partial charge in [0.15, 0.2) is 0 Å². The highest BCUT2D eigenvalue weighted by molar-refractivity contribution is 5.85. The number of rotatable bonds is 8. The number of hydrogen-bond acceptors (Lipinski definition) is 3. The fourth-order valence-electron chi connectivity index (χ4n) is 1.28. The van der Waals surface area contributed by atoms with Gasteiger partial charge in [-0.1, -0.05) is 13.8 Å². The van der Waals surface area contributed by atoms with Gasteiger partial charge in [0.05, 0.1) is 6.04 Å². The number of carbonyl (C=O) groups excluding carboxylic acids is 1. The highest BCUT2D eigenvalue weighted by Gasteiger charge is 2.13. The lowest BCUT2D eigenvalue weighted by molar-refractivity contribution is -0.122. The number of nitrogens with two attached hydrogens (primary N) is 1. The number of hydrogen-bond donors (Lipinski definition) is 2. The summed E-state index contributed by atoms with van der Waals surface area (Å²) in [6.45, 7) is 8.13. The molecule has 98 valence electrons. The molecule has 0 aliphatic carbocycles. The average Bonchev–Trinajstić information content (AvgIpc) is 2.16. The molecule has 0 fully saturated rings. The predicted octanol–water partition coefficient (Wildman–Crippen LogP) is 1.32.